The number of rotatable bonds is 9. The van der Waals surface area contributed by atoms with Gasteiger partial charge in [0.05, 0.1) is 6.04 Å². The third kappa shape index (κ3) is 6.77. The van der Waals surface area contributed by atoms with Crippen molar-refractivity contribution in [2.45, 2.75) is 45.6 Å². The molecule has 2 rings (SSSR count). The average molecular weight is 369 g/mol. The molecule has 144 valence electrons. The minimum atomic E-state index is -1.02. The molecule has 5 heteroatoms. The third-order valence-corrected chi connectivity index (χ3v) is 4.41. The second-order valence-electron chi connectivity index (χ2n) is 6.94. The lowest BCUT2D eigenvalue weighted by atomic mass is 10.00. The summed E-state index contributed by atoms with van der Waals surface area (Å²) in [6, 6.07) is 15.3. The molecule has 0 aliphatic heterocycles. The van der Waals surface area contributed by atoms with Crippen LogP contribution in [0.4, 0.5) is 0 Å². The number of amides is 1. The fourth-order valence-corrected chi connectivity index (χ4v) is 2.72. The van der Waals surface area contributed by atoms with Crippen molar-refractivity contribution in [3.63, 3.8) is 0 Å². The van der Waals surface area contributed by atoms with E-state index in [0.29, 0.717) is 24.5 Å². The molecule has 27 heavy (non-hydrogen) atoms. The Kier molecular flexibility index (Phi) is 7.41. The van der Waals surface area contributed by atoms with Gasteiger partial charge in [0, 0.05) is 6.42 Å². The Hall–Kier alpha value is -2.82. The first kappa shape index (κ1) is 20.5. The summed E-state index contributed by atoms with van der Waals surface area (Å²) < 4.78 is 5.11. The van der Waals surface area contributed by atoms with Crippen LogP contribution < -0.4 is 10.1 Å². The van der Waals surface area contributed by atoms with E-state index in [1.54, 1.807) is 12.1 Å². The molecule has 0 bridgehead atoms. The maximum atomic E-state index is 12.2. The van der Waals surface area contributed by atoms with Crippen molar-refractivity contribution in [2.24, 2.45) is 0 Å². The largest absolute Gasteiger partial charge is 0.482 e. The highest BCUT2D eigenvalue weighted by atomic mass is 16.5. The van der Waals surface area contributed by atoms with Crippen molar-refractivity contribution in [1.82, 2.24) is 5.32 Å². The van der Waals surface area contributed by atoms with Crippen molar-refractivity contribution in [1.29, 1.82) is 0 Å². The molecule has 2 N–H and O–H groups in total. The number of carbonyl (C=O) groups is 2. The average Bonchev–Trinajstić information content (AvgIpc) is 2.65. The highest BCUT2D eigenvalue weighted by Crippen LogP contribution is 2.18. The van der Waals surface area contributed by atoms with Gasteiger partial charge in [-0.05, 0) is 48.1 Å². The van der Waals surface area contributed by atoms with Gasteiger partial charge in [0.25, 0.3) is 0 Å². The van der Waals surface area contributed by atoms with Gasteiger partial charge in [-0.1, -0.05) is 50.2 Å². The summed E-state index contributed by atoms with van der Waals surface area (Å²) in [7, 11) is 0. The van der Waals surface area contributed by atoms with Gasteiger partial charge in [-0.2, -0.15) is 0 Å². The van der Waals surface area contributed by atoms with E-state index in [4.69, 9.17) is 9.84 Å². The maximum absolute atomic E-state index is 12.2. The predicted molar refractivity (Wildman–Crippen MR) is 105 cm³/mol. The minimum absolute atomic E-state index is 0.00152. The molecule has 0 saturated carbocycles. The van der Waals surface area contributed by atoms with Crippen LogP contribution in [0.3, 0.4) is 0 Å². The van der Waals surface area contributed by atoms with Crippen LogP contribution in [0.15, 0.2) is 48.5 Å². The molecule has 1 atom stereocenters. The predicted octanol–water partition coefficient (Wildman–Crippen LogP) is 4.08. The van der Waals surface area contributed by atoms with Gasteiger partial charge < -0.3 is 15.2 Å². The third-order valence-electron chi connectivity index (χ3n) is 4.41. The molecular weight excluding hydrogens is 342 g/mol. The molecule has 2 aromatic carbocycles. The lowest BCUT2D eigenvalue weighted by Gasteiger charge is -2.15. The molecule has 0 saturated heterocycles. The zero-order chi connectivity index (χ0) is 19.8. The summed E-state index contributed by atoms with van der Waals surface area (Å²) in [5, 5.41) is 11.6. The van der Waals surface area contributed by atoms with Crippen molar-refractivity contribution >= 4 is 11.9 Å². The first-order valence-electron chi connectivity index (χ1n) is 9.18. The Morgan fingerprint density at radius 2 is 1.56 bits per heavy atom. The Balaban J connectivity index is 1.81. The molecule has 0 aliphatic rings. The smallest absolute Gasteiger partial charge is 0.341 e. The second kappa shape index (κ2) is 9.76. The fraction of sp³-hybridized carbons (Fsp3) is 0.364. The van der Waals surface area contributed by atoms with Gasteiger partial charge in [0.1, 0.15) is 5.75 Å². The lowest BCUT2D eigenvalue weighted by molar-refractivity contribution is -0.139. The number of carbonyl (C=O) groups excluding carboxylic acids is 1. The van der Waals surface area contributed by atoms with Crippen LogP contribution in [0.1, 0.15) is 55.8 Å². The van der Waals surface area contributed by atoms with Crippen LogP contribution in [0, 0.1) is 0 Å². The van der Waals surface area contributed by atoms with E-state index < -0.39 is 5.97 Å². The van der Waals surface area contributed by atoms with E-state index in [9.17, 15) is 9.59 Å². The highest BCUT2D eigenvalue weighted by Gasteiger charge is 2.10. The van der Waals surface area contributed by atoms with Crippen LogP contribution in [0.25, 0.3) is 0 Å². The lowest BCUT2D eigenvalue weighted by Crippen LogP contribution is -2.26. The number of aryl methyl sites for hydroxylation is 1. The number of aliphatic carboxylic acids is 1. The Bertz CT molecular complexity index is 751. The van der Waals surface area contributed by atoms with Crippen LogP contribution in [-0.4, -0.2) is 23.6 Å². The summed E-state index contributed by atoms with van der Waals surface area (Å²) >= 11 is 0. The van der Waals surface area contributed by atoms with E-state index in [2.05, 4.69) is 43.4 Å². The molecule has 2 aromatic rings. The highest BCUT2D eigenvalue weighted by molar-refractivity contribution is 5.76. The van der Waals surface area contributed by atoms with Crippen LogP contribution in [0.2, 0.25) is 0 Å². The number of hydrogen-bond donors (Lipinski definition) is 2. The van der Waals surface area contributed by atoms with Gasteiger partial charge in [-0.3, -0.25) is 4.79 Å². The summed E-state index contributed by atoms with van der Waals surface area (Å²) in [4.78, 5) is 22.7. The van der Waals surface area contributed by atoms with Crippen molar-refractivity contribution in [2.75, 3.05) is 6.61 Å². The van der Waals surface area contributed by atoms with E-state index in [0.717, 1.165) is 11.1 Å². The molecular formula is C22H27NO4. The number of carboxylic acids is 1. The Morgan fingerprint density at radius 3 is 2.11 bits per heavy atom. The van der Waals surface area contributed by atoms with Gasteiger partial charge >= 0.3 is 5.97 Å². The molecule has 0 heterocycles. The topological polar surface area (TPSA) is 75.6 Å². The zero-order valence-electron chi connectivity index (χ0n) is 16.1. The number of hydrogen-bond acceptors (Lipinski definition) is 3. The SMILES string of the molecule is CC(C)c1ccc(CCC(=O)NC(C)c2ccc(OCC(=O)O)cc2)cc1. The number of carboxylic acid groups (broad SMARTS) is 1. The standard InChI is InChI=1S/C22H27NO4/c1-15(2)18-7-4-17(5-8-18)6-13-21(24)23-16(3)19-9-11-20(12-10-19)27-14-22(25)26/h4-5,7-12,15-16H,6,13-14H2,1-3H3,(H,23,24)(H,25,26). The second-order valence-corrected chi connectivity index (χ2v) is 6.94. The Morgan fingerprint density at radius 1 is 0.963 bits per heavy atom. The van der Waals surface area contributed by atoms with E-state index in [-0.39, 0.29) is 18.6 Å². The quantitative estimate of drug-likeness (QED) is 0.698. The van der Waals surface area contributed by atoms with Gasteiger partial charge in [0.2, 0.25) is 5.91 Å². The normalized spacial score (nSPS) is 11.9. The maximum Gasteiger partial charge on any atom is 0.341 e. The van der Waals surface area contributed by atoms with Crippen molar-refractivity contribution in [3.05, 3.63) is 65.2 Å². The molecule has 0 aromatic heterocycles. The number of benzene rings is 2. The van der Waals surface area contributed by atoms with Crippen LogP contribution in [0.5, 0.6) is 5.75 Å². The summed E-state index contributed by atoms with van der Waals surface area (Å²) in [6.45, 7) is 5.87. The van der Waals surface area contributed by atoms with E-state index in [1.807, 2.05) is 19.1 Å². The molecule has 0 fully saturated rings. The summed E-state index contributed by atoms with van der Waals surface area (Å²) in [5.74, 6) is -0.0196. The van der Waals surface area contributed by atoms with Crippen molar-refractivity contribution in [3.8, 4) is 5.75 Å². The molecule has 1 unspecified atom stereocenters. The number of nitrogens with one attached hydrogen (secondary N) is 1. The molecule has 0 radical (unpaired) electrons. The zero-order valence-corrected chi connectivity index (χ0v) is 16.1. The number of ether oxygens (including phenoxy) is 1. The van der Waals surface area contributed by atoms with Crippen LogP contribution >= 0.6 is 0 Å². The van der Waals surface area contributed by atoms with Crippen LogP contribution in [-0.2, 0) is 16.0 Å². The fourth-order valence-electron chi connectivity index (χ4n) is 2.72. The first-order chi connectivity index (χ1) is 12.8. The van der Waals surface area contributed by atoms with Gasteiger partial charge in [-0.25, -0.2) is 4.79 Å². The molecule has 1 amide bonds. The van der Waals surface area contributed by atoms with E-state index >= 15 is 0 Å². The minimum Gasteiger partial charge on any atom is -0.482 e. The van der Waals surface area contributed by atoms with Gasteiger partial charge in [-0.15, -0.1) is 0 Å². The summed E-state index contributed by atoms with van der Waals surface area (Å²) in [5.41, 5.74) is 3.39. The van der Waals surface area contributed by atoms with Crippen molar-refractivity contribution < 1.29 is 19.4 Å². The summed E-state index contributed by atoms with van der Waals surface area (Å²) in [6.07, 6.45) is 1.14. The van der Waals surface area contributed by atoms with Gasteiger partial charge in [0.15, 0.2) is 6.61 Å². The molecule has 5 nitrogen and oxygen atoms in total. The van der Waals surface area contributed by atoms with E-state index in [1.165, 1.54) is 5.56 Å². The monoisotopic (exact) mass is 369 g/mol. The molecule has 0 spiro atoms. The molecule has 0 aliphatic carbocycles. The Labute approximate surface area is 160 Å². The first-order valence-corrected chi connectivity index (χ1v) is 9.18.